The summed E-state index contributed by atoms with van der Waals surface area (Å²) in [7, 11) is 3.68. The summed E-state index contributed by atoms with van der Waals surface area (Å²) in [6.45, 7) is 6.54. The Morgan fingerprint density at radius 2 is 2.14 bits per heavy atom. The van der Waals surface area contributed by atoms with E-state index >= 15 is 0 Å². The highest BCUT2D eigenvalue weighted by Crippen LogP contribution is 2.37. The molecule has 0 saturated carbocycles. The van der Waals surface area contributed by atoms with Crippen LogP contribution in [0.2, 0.25) is 0 Å². The molecule has 0 amide bonds. The Labute approximate surface area is 86.4 Å². The van der Waals surface area contributed by atoms with Crippen LogP contribution in [0.5, 0.6) is 0 Å². The standard InChI is InChI=1S/C11H21NO2/c1-8-6-11(7-14-5,10(3)13)12(4)9(8)2/h8-9H,6-7H2,1-5H3. The van der Waals surface area contributed by atoms with Crippen LogP contribution in [0.15, 0.2) is 0 Å². The lowest BCUT2D eigenvalue weighted by Crippen LogP contribution is -2.52. The quantitative estimate of drug-likeness (QED) is 0.686. The van der Waals surface area contributed by atoms with Gasteiger partial charge >= 0.3 is 0 Å². The fraction of sp³-hybridized carbons (Fsp3) is 0.909. The van der Waals surface area contributed by atoms with Gasteiger partial charge in [-0.05, 0) is 33.2 Å². The van der Waals surface area contributed by atoms with Gasteiger partial charge in [-0.2, -0.15) is 0 Å². The van der Waals surface area contributed by atoms with Gasteiger partial charge < -0.3 is 4.74 Å². The second-order valence-electron chi connectivity index (χ2n) is 4.55. The summed E-state index contributed by atoms with van der Waals surface area (Å²) in [5, 5.41) is 0. The first-order chi connectivity index (χ1) is 6.45. The topological polar surface area (TPSA) is 29.5 Å². The lowest BCUT2D eigenvalue weighted by Gasteiger charge is -2.34. The maximum atomic E-state index is 11.7. The number of ether oxygens (including phenoxy) is 1. The van der Waals surface area contributed by atoms with Gasteiger partial charge in [0.05, 0.1) is 6.61 Å². The monoisotopic (exact) mass is 199 g/mol. The Kier molecular flexibility index (Phi) is 3.32. The van der Waals surface area contributed by atoms with Gasteiger partial charge in [-0.1, -0.05) is 6.92 Å². The number of nitrogens with zero attached hydrogens (tertiary/aromatic N) is 1. The molecule has 0 aromatic heterocycles. The minimum Gasteiger partial charge on any atom is -0.382 e. The van der Waals surface area contributed by atoms with Crippen LogP contribution in [-0.2, 0) is 9.53 Å². The average Bonchev–Trinajstić information content (AvgIpc) is 2.32. The van der Waals surface area contributed by atoms with E-state index in [0.29, 0.717) is 18.6 Å². The summed E-state index contributed by atoms with van der Waals surface area (Å²) in [6.07, 6.45) is 0.911. The van der Waals surface area contributed by atoms with Crippen molar-refractivity contribution in [2.45, 2.75) is 38.8 Å². The predicted molar refractivity (Wildman–Crippen MR) is 56.3 cm³/mol. The SMILES string of the molecule is COCC1(C(C)=O)CC(C)C(C)N1C. The fourth-order valence-electron chi connectivity index (χ4n) is 2.51. The van der Waals surface area contributed by atoms with Crippen molar-refractivity contribution in [2.24, 2.45) is 5.92 Å². The molecule has 14 heavy (non-hydrogen) atoms. The minimum absolute atomic E-state index is 0.220. The summed E-state index contributed by atoms with van der Waals surface area (Å²) >= 11 is 0. The second-order valence-corrected chi connectivity index (χ2v) is 4.55. The predicted octanol–water partition coefficient (Wildman–Crippen LogP) is 1.32. The van der Waals surface area contributed by atoms with Crippen molar-refractivity contribution in [2.75, 3.05) is 20.8 Å². The molecule has 3 atom stereocenters. The molecular formula is C11H21NO2. The zero-order valence-electron chi connectivity index (χ0n) is 9.83. The summed E-state index contributed by atoms with van der Waals surface area (Å²) < 4.78 is 5.20. The van der Waals surface area contributed by atoms with Crippen LogP contribution < -0.4 is 0 Å². The highest BCUT2D eigenvalue weighted by molar-refractivity contribution is 5.86. The molecule has 1 fully saturated rings. The van der Waals surface area contributed by atoms with Crippen LogP contribution in [0, 0.1) is 5.92 Å². The molecule has 1 heterocycles. The molecule has 1 saturated heterocycles. The lowest BCUT2D eigenvalue weighted by molar-refractivity contribution is -0.130. The van der Waals surface area contributed by atoms with Crippen molar-refractivity contribution in [3.05, 3.63) is 0 Å². The Morgan fingerprint density at radius 1 is 1.57 bits per heavy atom. The van der Waals surface area contributed by atoms with Gasteiger partial charge in [0.2, 0.25) is 0 Å². The van der Waals surface area contributed by atoms with E-state index in [4.69, 9.17) is 4.74 Å². The van der Waals surface area contributed by atoms with E-state index in [2.05, 4.69) is 18.7 Å². The molecule has 3 heteroatoms. The molecule has 3 nitrogen and oxygen atoms in total. The van der Waals surface area contributed by atoms with Crippen LogP contribution in [0.25, 0.3) is 0 Å². The van der Waals surface area contributed by atoms with Crippen molar-refractivity contribution in [1.29, 1.82) is 0 Å². The number of likely N-dealkylation sites (tertiary alicyclic amines) is 1. The van der Waals surface area contributed by atoms with E-state index in [-0.39, 0.29) is 11.3 Å². The van der Waals surface area contributed by atoms with E-state index in [1.165, 1.54) is 0 Å². The maximum Gasteiger partial charge on any atom is 0.152 e. The highest BCUT2D eigenvalue weighted by Gasteiger charge is 2.49. The fourth-order valence-corrected chi connectivity index (χ4v) is 2.51. The molecule has 0 bridgehead atoms. The van der Waals surface area contributed by atoms with Crippen LogP contribution >= 0.6 is 0 Å². The summed E-state index contributed by atoms with van der Waals surface area (Å²) in [5.74, 6) is 0.775. The summed E-state index contributed by atoms with van der Waals surface area (Å²) in [5.41, 5.74) is -0.381. The number of Topliss-reactive ketones (excluding diaryl/α,β-unsaturated/α-hetero) is 1. The van der Waals surface area contributed by atoms with Gasteiger partial charge in [-0.3, -0.25) is 9.69 Å². The Hall–Kier alpha value is -0.410. The minimum atomic E-state index is -0.381. The van der Waals surface area contributed by atoms with E-state index in [0.717, 1.165) is 6.42 Å². The van der Waals surface area contributed by atoms with Crippen molar-refractivity contribution in [3.8, 4) is 0 Å². The first-order valence-electron chi connectivity index (χ1n) is 5.18. The van der Waals surface area contributed by atoms with Gasteiger partial charge in [0.25, 0.3) is 0 Å². The number of hydrogen-bond donors (Lipinski definition) is 0. The van der Waals surface area contributed by atoms with Gasteiger partial charge in [0.15, 0.2) is 5.78 Å². The Morgan fingerprint density at radius 3 is 2.43 bits per heavy atom. The Bertz CT molecular complexity index is 229. The molecule has 1 aliphatic heterocycles. The molecule has 0 spiro atoms. The second kappa shape index (κ2) is 3.99. The number of carbonyl (C=O) groups excluding carboxylic acids is 1. The number of likely N-dealkylation sites (N-methyl/N-ethyl adjacent to an activating group) is 1. The van der Waals surface area contributed by atoms with Crippen molar-refractivity contribution in [3.63, 3.8) is 0 Å². The molecule has 1 rings (SSSR count). The molecule has 3 unspecified atom stereocenters. The number of ketones is 1. The van der Waals surface area contributed by atoms with E-state index in [9.17, 15) is 4.79 Å². The van der Waals surface area contributed by atoms with Crippen molar-refractivity contribution in [1.82, 2.24) is 4.90 Å². The molecule has 0 aromatic carbocycles. The number of carbonyl (C=O) groups is 1. The van der Waals surface area contributed by atoms with Crippen LogP contribution in [-0.4, -0.2) is 43.0 Å². The molecular weight excluding hydrogens is 178 g/mol. The third-order valence-corrected chi connectivity index (χ3v) is 3.81. The maximum absolute atomic E-state index is 11.7. The summed E-state index contributed by atoms with van der Waals surface area (Å²) in [6, 6.07) is 0.453. The lowest BCUT2D eigenvalue weighted by atomic mass is 9.89. The molecule has 0 aliphatic carbocycles. The Balaban J connectivity index is 2.94. The third-order valence-electron chi connectivity index (χ3n) is 3.81. The molecule has 0 N–H and O–H groups in total. The van der Waals surface area contributed by atoms with E-state index < -0.39 is 0 Å². The van der Waals surface area contributed by atoms with Crippen molar-refractivity contribution >= 4 is 5.78 Å². The van der Waals surface area contributed by atoms with Gasteiger partial charge in [0.1, 0.15) is 5.54 Å². The summed E-state index contributed by atoms with van der Waals surface area (Å²) in [4.78, 5) is 13.9. The van der Waals surface area contributed by atoms with Crippen molar-refractivity contribution < 1.29 is 9.53 Å². The third kappa shape index (κ3) is 1.59. The van der Waals surface area contributed by atoms with E-state index in [1.807, 2.05) is 7.05 Å². The molecule has 0 aromatic rings. The van der Waals surface area contributed by atoms with Gasteiger partial charge in [0, 0.05) is 13.2 Å². The highest BCUT2D eigenvalue weighted by atomic mass is 16.5. The first kappa shape index (κ1) is 11.7. The largest absolute Gasteiger partial charge is 0.382 e. The van der Waals surface area contributed by atoms with E-state index in [1.54, 1.807) is 14.0 Å². The number of hydrogen-bond acceptors (Lipinski definition) is 3. The number of rotatable bonds is 3. The average molecular weight is 199 g/mol. The zero-order chi connectivity index (χ0) is 10.9. The molecule has 1 aliphatic rings. The normalized spacial score (nSPS) is 38.9. The molecule has 0 radical (unpaired) electrons. The first-order valence-corrected chi connectivity index (χ1v) is 5.18. The van der Waals surface area contributed by atoms with Gasteiger partial charge in [-0.15, -0.1) is 0 Å². The smallest absolute Gasteiger partial charge is 0.152 e. The van der Waals surface area contributed by atoms with Gasteiger partial charge in [-0.25, -0.2) is 0 Å². The number of methoxy groups -OCH3 is 1. The molecule has 82 valence electrons. The van der Waals surface area contributed by atoms with Crippen LogP contribution in [0.1, 0.15) is 27.2 Å². The van der Waals surface area contributed by atoms with Crippen LogP contribution in [0.3, 0.4) is 0 Å². The zero-order valence-corrected chi connectivity index (χ0v) is 9.83. The van der Waals surface area contributed by atoms with Crippen LogP contribution in [0.4, 0.5) is 0 Å².